The van der Waals surface area contributed by atoms with Gasteiger partial charge >= 0.3 is 6.09 Å². The normalized spacial score (nSPS) is 15.6. The molecule has 1 amide bonds. The molecule has 8 heteroatoms. The molecular formula is C29H34N6O2. The number of benzene rings is 2. The molecule has 8 nitrogen and oxygen atoms in total. The van der Waals surface area contributed by atoms with Crippen molar-refractivity contribution in [1.82, 2.24) is 30.2 Å². The van der Waals surface area contributed by atoms with Crippen LogP contribution in [0.15, 0.2) is 49.1 Å². The highest BCUT2D eigenvalue weighted by molar-refractivity contribution is 5.77. The summed E-state index contributed by atoms with van der Waals surface area (Å²) in [4.78, 5) is 31.4. The molecule has 0 unspecified atom stereocenters. The minimum absolute atomic E-state index is 0.235. The molecule has 2 aliphatic rings. The highest BCUT2D eigenvalue weighted by Gasteiger charge is 2.24. The number of rotatable bonds is 0. The number of carbonyl (C=O) groups is 1. The standard InChI is InChI=1S/C17H21N3O2.C12H13N3/c1-17(2,3)22-16(21)20-8-4-12-10-14-15(19-7-6-18-14)11-13(12)5-9-20;1-3-13-4-2-10-8-12-11(7-9(1)10)14-5-6-15-12/h6-7,10-11H,4-5,8-9H2,1-3H3;5-8,13H,1-4H2. The molecule has 2 aliphatic heterocycles. The quantitative estimate of drug-likeness (QED) is 0.387. The maximum Gasteiger partial charge on any atom is 0.410 e. The lowest BCUT2D eigenvalue weighted by molar-refractivity contribution is 0.0258. The zero-order valence-electron chi connectivity index (χ0n) is 21.8. The second-order valence-corrected chi connectivity index (χ2v) is 10.5. The summed E-state index contributed by atoms with van der Waals surface area (Å²) in [6.07, 6.45) is 10.5. The molecule has 37 heavy (non-hydrogen) atoms. The van der Waals surface area contributed by atoms with Gasteiger partial charge in [0.25, 0.3) is 0 Å². The summed E-state index contributed by atoms with van der Waals surface area (Å²) in [5, 5.41) is 3.41. The van der Waals surface area contributed by atoms with Crippen LogP contribution in [0.2, 0.25) is 0 Å². The van der Waals surface area contributed by atoms with Gasteiger partial charge in [0, 0.05) is 37.9 Å². The second kappa shape index (κ2) is 10.8. The molecule has 0 bridgehead atoms. The van der Waals surface area contributed by atoms with Gasteiger partial charge in [0.05, 0.1) is 22.1 Å². The molecule has 4 aromatic rings. The Morgan fingerprint density at radius 3 is 1.46 bits per heavy atom. The molecule has 2 aromatic heterocycles. The number of hydrogen-bond acceptors (Lipinski definition) is 7. The predicted molar refractivity (Wildman–Crippen MR) is 145 cm³/mol. The van der Waals surface area contributed by atoms with Crippen LogP contribution in [0, 0.1) is 0 Å². The van der Waals surface area contributed by atoms with Crippen molar-refractivity contribution in [1.29, 1.82) is 0 Å². The van der Waals surface area contributed by atoms with Crippen LogP contribution in [-0.2, 0) is 30.4 Å². The van der Waals surface area contributed by atoms with Crippen LogP contribution in [-0.4, -0.2) is 62.7 Å². The monoisotopic (exact) mass is 498 g/mol. The molecule has 0 radical (unpaired) electrons. The maximum absolute atomic E-state index is 12.2. The molecule has 0 aliphatic carbocycles. The molecule has 4 heterocycles. The first-order valence-corrected chi connectivity index (χ1v) is 13.0. The van der Waals surface area contributed by atoms with E-state index in [-0.39, 0.29) is 6.09 Å². The van der Waals surface area contributed by atoms with Crippen molar-refractivity contribution in [2.24, 2.45) is 0 Å². The van der Waals surface area contributed by atoms with Crippen molar-refractivity contribution < 1.29 is 9.53 Å². The molecule has 6 rings (SSSR count). The van der Waals surface area contributed by atoms with Crippen LogP contribution in [0.25, 0.3) is 22.1 Å². The average molecular weight is 499 g/mol. The third-order valence-electron chi connectivity index (χ3n) is 6.68. The van der Waals surface area contributed by atoms with Gasteiger partial charge in [-0.1, -0.05) is 0 Å². The van der Waals surface area contributed by atoms with Gasteiger partial charge in [-0.3, -0.25) is 19.9 Å². The number of nitrogens with zero attached hydrogens (tertiary/aromatic N) is 5. The molecule has 1 N–H and O–H groups in total. The van der Waals surface area contributed by atoms with Crippen molar-refractivity contribution >= 4 is 28.2 Å². The number of nitrogens with one attached hydrogen (secondary N) is 1. The maximum atomic E-state index is 12.2. The van der Waals surface area contributed by atoms with Crippen LogP contribution in [0.4, 0.5) is 4.79 Å². The Balaban J connectivity index is 0.000000162. The van der Waals surface area contributed by atoms with Gasteiger partial charge in [0.2, 0.25) is 0 Å². The summed E-state index contributed by atoms with van der Waals surface area (Å²) in [6, 6.07) is 8.56. The van der Waals surface area contributed by atoms with E-state index in [0.717, 1.165) is 60.8 Å². The van der Waals surface area contributed by atoms with Crippen molar-refractivity contribution in [3.63, 3.8) is 0 Å². The van der Waals surface area contributed by atoms with Crippen LogP contribution in [0.5, 0.6) is 0 Å². The lowest BCUT2D eigenvalue weighted by Gasteiger charge is -2.26. The summed E-state index contributed by atoms with van der Waals surface area (Å²) < 4.78 is 5.47. The number of ether oxygens (including phenoxy) is 1. The van der Waals surface area contributed by atoms with Gasteiger partial charge in [-0.25, -0.2) is 4.79 Å². The van der Waals surface area contributed by atoms with Gasteiger partial charge in [-0.15, -0.1) is 0 Å². The van der Waals surface area contributed by atoms with E-state index in [0.29, 0.717) is 13.1 Å². The SMILES string of the molecule is CC(C)(C)OC(=O)N1CCc2cc3nccnc3cc2CC1.c1cnc2cc3c(cc2n1)CCNCC3. The van der Waals surface area contributed by atoms with Crippen molar-refractivity contribution in [3.8, 4) is 0 Å². The lowest BCUT2D eigenvalue weighted by atomic mass is 10.0. The van der Waals surface area contributed by atoms with E-state index >= 15 is 0 Å². The fourth-order valence-electron chi connectivity index (χ4n) is 4.83. The van der Waals surface area contributed by atoms with Crippen molar-refractivity contribution in [3.05, 3.63) is 71.3 Å². The zero-order chi connectivity index (χ0) is 25.8. The molecule has 0 fully saturated rings. The van der Waals surface area contributed by atoms with E-state index < -0.39 is 5.60 Å². The zero-order valence-corrected chi connectivity index (χ0v) is 21.8. The molecule has 192 valence electrons. The number of amides is 1. The second-order valence-electron chi connectivity index (χ2n) is 10.5. The summed E-state index contributed by atoms with van der Waals surface area (Å²) >= 11 is 0. The molecule has 2 aromatic carbocycles. The first-order valence-electron chi connectivity index (χ1n) is 13.0. The van der Waals surface area contributed by atoms with Gasteiger partial charge in [-0.2, -0.15) is 0 Å². The summed E-state index contributed by atoms with van der Waals surface area (Å²) in [5.41, 5.74) is 8.73. The van der Waals surface area contributed by atoms with E-state index in [4.69, 9.17) is 4.74 Å². The third kappa shape index (κ3) is 6.20. The number of aromatic nitrogens is 4. The van der Waals surface area contributed by atoms with Crippen molar-refractivity contribution in [2.45, 2.75) is 52.1 Å². The smallest absolute Gasteiger partial charge is 0.410 e. The Bertz CT molecular complexity index is 1320. The fraction of sp³-hybridized carbons (Fsp3) is 0.414. The predicted octanol–water partition coefficient (Wildman–Crippen LogP) is 4.28. The Kier molecular flexibility index (Phi) is 7.28. The number of hydrogen-bond donors (Lipinski definition) is 1. The van der Waals surface area contributed by atoms with E-state index in [1.54, 1.807) is 29.7 Å². The van der Waals surface area contributed by atoms with Gasteiger partial charge in [-0.05, 0) is 106 Å². The topological polar surface area (TPSA) is 93.1 Å². The highest BCUT2D eigenvalue weighted by atomic mass is 16.6. The number of fused-ring (bicyclic) bond motifs is 4. The van der Waals surface area contributed by atoms with E-state index in [1.807, 2.05) is 20.8 Å². The Morgan fingerprint density at radius 2 is 1.08 bits per heavy atom. The van der Waals surface area contributed by atoms with E-state index in [2.05, 4.69) is 49.5 Å². The Morgan fingerprint density at radius 1 is 0.703 bits per heavy atom. The van der Waals surface area contributed by atoms with Gasteiger partial charge in [0.15, 0.2) is 0 Å². The van der Waals surface area contributed by atoms with Crippen LogP contribution < -0.4 is 5.32 Å². The molecule has 0 spiro atoms. The van der Waals surface area contributed by atoms with Gasteiger partial charge < -0.3 is 15.0 Å². The molecular weight excluding hydrogens is 464 g/mol. The molecule has 0 saturated carbocycles. The lowest BCUT2D eigenvalue weighted by Crippen LogP contribution is -2.38. The van der Waals surface area contributed by atoms with E-state index in [9.17, 15) is 4.79 Å². The van der Waals surface area contributed by atoms with Crippen LogP contribution >= 0.6 is 0 Å². The Hall–Kier alpha value is -3.65. The van der Waals surface area contributed by atoms with Crippen molar-refractivity contribution in [2.75, 3.05) is 26.2 Å². The number of carbonyl (C=O) groups excluding carboxylic acids is 1. The minimum atomic E-state index is -0.460. The summed E-state index contributed by atoms with van der Waals surface area (Å²) in [6.45, 7) is 9.16. The van der Waals surface area contributed by atoms with Crippen LogP contribution in [0.1, 0.15) is 43.0 Å². The first kappa shape index (κ1) is 25.0. The first-order chi connectivity index (χ1) is 17.9. The van der Waals surface area contributed by atoms with E-state index in [1.165, 1.54) is 22.3 Å². The summed E-state index contributed by atoms with van der Waals surface area (Å²) in [7, 11) is 0. The Labute approximate surface area is 217 Å². The summed E-state index contributed by atoms with van der Waals surface area (Å²) in [5.74, 6) is 0. The average Bonchev–Trinajstić information content (AvgIpc) is 3.23. The molecule has 0 saturated heterocycles. The molecule has 0 atom stereocenters. The largest absolute Gasteiger partial charge is 0.444 e. The minimum Gasteiger partial charge on any atom is -0.444 e. The highest BCUT2D eigenvalue weighted by Crippen LogP contribution is 2.22. The third-order valence-corrected chi connectivity index (χ3v) is 6.68. The van der Waals surface area contributed by atoms with Gasteiger partial charge in [0.1, 0.15) is 5.60 Å². The fourth-order valence-corrected chi connectivity index (χ4v) is 4.83. The van der Waals surface area contributed by atoms with Crippen LogP contribution in [0.3, 0.4) is 0 Å².